The topological polar surface area (TPSA) is 52.3 Å². The lowest BCUT2D eigenvalue weighted by atomic mass is 9.84. The van der Waals surface area contributed by atoms with Gasteiger partial charge in [-0.15, -0.1) is 0 Å². The second-order valence-corrected chi connectivity index (χ2v) is 4.54. The third kappa shape index (κ3) is 1.21. The van der Waals surface area contributed by atoms with Gasteiger partial charge in [-0.3, -0.25) is 4.79 Å². The van der Waals surface area contributed by atoms with E-state index < -0.39 is 5.41 Å². The molecule has 1 heterocycles. The van der Waals surface area contributed by atoms with Gasteiger partial charge in [0.05, 0.1) is 0 Å². The Kier molecular flexibility index (Phi) is 2.03. The van der Waals surface area contributed by atoms with E-state index in [0.29, 0.717) is 6.61 Å². The second-order valence-electron chi connectivity index (χ2n) is 3.63. The SMILES string of the molecule is CC1(C(N)=O)COc2ccc(Br)cc21. The van der Waals surface area contributed by atoms with Crippen molar-refractivity contribution in [1.82, 2.24) is 0 Å². The molecule has 0 saturated carbocycles. The highest BCUT2D eigenvalue weighted by Gasteiger charge is 2.41. The number of carbonyl (C=O) groups is 1. The fraction of sp³-hybridized carbons (Fsp3) is 0.300. The second kappa shape index (κ2) is 2.98. The van der Waals surface area contributed by atoms with Crippen molar-refractivity contribution in [3.05, 3.63) is 28.2 Å². The first-order valence-electron chi connectivity index (χ1n) is 4.27. The van der Waals surface area contributed by atoms with Crippen molar-refractivity contribution in [2.75, 3.05) is 6.61 Å². The Morgan fingerprint density at radius 3 is 3.00 bits per heavy atom. The highest BCUT2D eigenvalue weighted by Crippen LogP contribution is 2.39. The zero-order chi connectivity index (χ0) is 10.3. The highest BCUT2D eigenvalue weighted by atomic mass is 79.9. The molecule has 1 aliphatic heterocycles. The smallest absolute Gasteiger partial charge is 0.231 e. The van der Waals surface area contributed by atoms with Gasteiger partial charge in [-0.25, -0.2) is 0 Å². The molecule has 1 aliphatic rings. The molecule has 0 spiro atoms. The number of fused-ring (bicyclic) bond motifs is 1. The minimum absolute atomic E-state index is 0.327. The summed E-state index contributed by atoms with van der Waals surface area (Å²) < 4.78 is 6.33. The van der Waals surface area contributed by atoms with Crippen molar-refractivity contribution in [1.29, 1.82) is 0 Å². The largest absolute Gasteiger partial charge is 0.492 e. The van der Waals surface area contributed by atoms with Crippen LogP contribution in [0.1, 0.15) is 12.5 Å². The maximum atomic E-state index is 11.3. The van der Waals surface area contributed by atoms with Crippen LogP contribution in [0.4, 0.5) is 0 Å². The van der Waals surface area contributed by atoms with E-state index in [4.69, 9.17) is 10.5 Å². The zero-order valence-electron chi connectivity index (χ0n) is 7.71. The number of primary amides is 1. The van der Waals surface area contributed by atoms with Gasteiger partial charge in [0.15, 0.2) is 0 Å². The van der Waals surface area contributed by atoms with E-state index in [1.807, 2.05) is 18.2 Å². The standard InChI is InChI=1S/C10H10BrNO2/c1-10(9(12)13)5-14-8-3-2-6(11)4-7(8)10/h2-4H,5H2,1H3,(H2,12,13). The third-order valence-corrected chi connectivity index (χ3v) is 3.09. The van der Waals surface area contributed by atoms with Gasteiger partial charge >= 0.3 is 0 Å². The third-order valence-electron chi connectivity index (χ3n) is 2.60. The molecule has 3 nitrogen and oxygen atoms in total. The first kappa shape index (κ1) is 9.52. The van der Waals surface area contributed by atoms with Crippen molar-refractivity contribution < 1.29 is 9.53 Å². The van der Waals surface area contributed by atoms with Gasteiger partial charge in [-0.2, -0.15) is 0 Å². The number of hydrogen-bond acceptors (Lipinski definition) is 2. The predicted octanol–water partition coefficient (Wildman–Crippen LogP) is 1.58. The molecule has 0 fully saturated rings. The summed E-state index contributed by atoms with van der Waals surface area (Å²) in [5, 5.41) is 0. The fourth-order valence-corrected chi connectivity index (χ4v) is 1.92. The van der Waals surface area contributed by atoms with Crippen molar-refractivity contribution in [3.63, 3.8) is 0 Å². The number of ether oxygens (including phenoxy) is 1. The maximum absolute atomic E-state index is 11.3. The summed E-state index contributed by atoms with van der Waals surface area (Å²) in [6.07, 6.45) is 0. The van der Waals surface area contributed by atoms with Crippen LogP contribution in [0.5, 0.6) is 5.75 Å². The molecule has 14 heavy (non-hydrogen) atoms. The Morgan fingerprint density at radius 1 is 1.64 bits per heavy atom. The molecular weight excluding hydrogens is 246 g/mol. The fourth-order valence-electron chi connectivity index (χ4n) is 1.56. The van der Waals surface area contributed by atoms with Crippen LogP contribution in [0, 0.1) is 0 Å². The predicted molar refractivity (Wildman–Crippen MR) is 56.2 cm³/mol. The summed E-state index contributed by atoms with van der Waals surface area (Å²) in [6, 6.07) is 5.60. The normalized spacial score (nSPS) is 24.1. The molecule has 1 atom stereocenters. The minimum Gasteiger partial charge on any atom is -0.492 e. The van der Waals surface area contributed by atoms with Crippen LogP contribution in [-0.4, -0.2) is 12.5 Å². The molecule has 1 unspecified atom stereocenters. The lowest BCUT2D eigenvalue weighted by molar-refractivity contribution is -0.123. The molecule has 4 heteroatoms. The van der Waals surface area contributed by atoms with Gasteiger partial charge in [-0.1, -0.05) is 15.9 Å². The van der Waals surface area contributed by atoms with Gasteiger partial charge in [0.1, 0.15) is 17.8 Å². The summed E-state index contributed by atoms with van der Waals surface area (Å²) in [6.45, 7) is 2.13. The van der Waals surface area contributed by atoms with E-state index in [2.05, 4.69) is 15.9 Å². The summed E-state index contributed by atoms with van der Waals surface area (Å²) in [5.74, 6) is 0.392. The Hall–Kier alpha value is -1.03. The number of benzene rings is 1. The van der Waals surface area contributed by atoms with E-state index in [1.165, 1.54) is 0 Å². The summed E-state index contributed by atoms with van der Waals surface area (Å²) in [4.78, 5) is 11.3. The number of hydrogen-bond donors (Lipinski definition) is 1. The van der Waals surface area contributed by atoms with E-state index in [9.17, 15) is 4.79 Å². The van der Waals surface area contributed by atoms with E-state index in [-0.39, 0.29) is 5.91 Å². The molecule has 0 aliphatic carbocycles. The first-order chi connectivity index (χ1) is 6.54. The number of carbonyl (C=O) groups excluding carboxylic acids is 1. The van der Waals surface area contributed by atoms with Crippen molar-refractivity contribution in [2.45, 2.75) is 12.3 Å². The van der Waals surface area contributed by atoms with Crippen molar-refractivity contribution in [3.8, 4) is 5.75 Å². The monoisotopic (exact) mass is 255 g/mol. The van der Waals surface area contributed by atoms with Gasteiger partial charge in [0.2, 0.25) is 5.91 Å². The molecule has 0 radical (unpaired) electrons. The van der Waals surface area contributed by atoms with Crippen molar-refractivity contribution in [2.24, 2.45) is 5.73 Å². The lowest BCUT2D eigenvalue weighted by Crippen LogP contribution is -2.39. The highest BCUT2D eigenvalue weighted by molar-refractivity contribution is 9.10. The molecular formula is C10H10BrNO2. The molecule has 0 bridgehead atoms. The van der Waals surface area contributed by atoms with Gasteiger partial charge in [0.25, 0.3) is 0 Å². The Morgan fingerprint density at radius 2 is 2.36 bits per heavy atom. The maximum Gasteiger partial charge on any atom is 0.231 e. The van der Waals surface area contributed by atoms with Gasteiger partial charge in [-0.05, 0) is 25.1 Å². The molecule has 1 aromatic rings. The Balaban J connectivity index is 2.58. The van der Waals surface area contributed by atoms with Crippen LogP contribution in [0.2, 0.25) is 0 Å². The average molecular weight is 256 g/mol. The van der Waals surface area contributed by atoms with E-state index >= 15 is 0 Å². The van der Waals surface area contributed by atoms with Crippen LogP contribution in [0.25, 0.3) is 0 Å². The van der Waals surface area contributed by atoms with E-state index in [0.717, 1.165) is 15.8 Å². The molecule has 1 amide bonds. The number of halogens is 1. The average Bonchev–Trinajstić information content (AvgIpc) is 2.46. The van der Waals surface area contributed by atoms with Gasteiger partial charge in [0, 0.05) is 10.0 Å². The summed E-state index contributed by atoms with van der Waals surface area (Å²) in [7, 11) is 0. The molecule has 2 rings (SSSR count). The van der Waals surface area contributed by atoms with Crippen LogP contribution < -0.4 is 10.5 Å². The van der Waals surface area contributed by atoms with Crippen LogP contribution >= 0.6 is 15.9 Å². The Bertz CT molecular complexity index is 405. The molecule has 0 aromatic heterocycles. The number of amides is 1. The van der Waals surface area contributed by atoms with Crippen LogP contribution in [0.3, 0.4) is 0 Å². The summed E-state index contributed by atoms with van der Waals surface area (Å²) >= 11 is 3.36. The first-order valence-corrected chi connectivity index (χ1v) is 5.06. The molecule has 2 N–H and O–H groups in total. The number of rotatable bonds is 1. The quantitative estimate of drug-likeness (QED) is 0.829. The minimum atomic E-state index is -0.695. The molecule has 1 aromatic carbocycles. The van der Waals surface area contributed by atoms with Crippen molar-refractivity contribution >= 4 is 21.8 Å². The van der Waals surface area contributed by atoms with Crippen LogP contribution in [-0.2, 0) is 10.2 Å². The van der Waals surface area contributed by atoms with Gasteiger partial charge < -0.3 is 10.5 Å². The zero-order valence-corrected chi connectivity index (χ0v) is 9.30. The van der Waals surface area contributed by atoms with Crippen LogP contribution in [0.15, 0.2) is 22.7 Å². The number of nitrogens with two attached hydrogens (primary N) is 1. The molecule has 74 valence electrons. The lowest BCUT2D eigenvalue weighted by Gasteiger charge is -2.17. The van der Waals surface area contributed by atoms with E-state index in [1.54, 1.807) is 6.92 Å². The molecule has 0 saturated heterocycles. The Labute approximate surface area is 90.4 Å². The summed E-state index contributed by atoms with van der Waals surface area (Å²) in [5.41, 5.74) is 5.53.